The van der Waals surface area contributed by atoms with Gasteiger partial charge >= 0.3 is 0 Å². The van der Waals surface area contributed by atoms with Crippen LogP contribution in [0.3, 0.4) is 0 Å². The van der Waals surface area contributed by atoms with E-state index in [1.807, 2.05) is 13.8 Å². The summed E-state index contributed by atoms with van der Waals surface area (Å²) in [6.07, 6.45) is 1.78. The fourth-order valence-electron chi connectivity index (χ4n) is 2.17. The highest BCUT2D eigenvalue weighted by molar-refractivity contribution is 5.61. The highest BCUT2D eigenvalue weighted by atomic mass is 16.3. The van der Waals surface area contributed by atoms with Gasteiger partial charge < -0.3 is 15.9 Å². The van der Waals surface area contributed by atoms with Crippen LogP contribution in [0.15, 0.2) is 18.2 Å². The first-order valence-electron chi connectivity index (χ1n) is 6.59. The van der Waals surface area contributed by atoms with Gasteiger partial charge in [-0.2, -0.15) is 0 Å². The van der Waals surface area contributed by atoms with Gasteiger partial charge in [-0.25, -0.2) is 9.97 Å². The van der Waals surface area contributed by atoms with Crippen LogP contribution in [-0.4, -0.2) is 26.7 Å². The molecule has 5 heteroatoms. The zero-order chi connectivity index (χ0) is 14.7. The van der Waals surface area contributed by atoms with E-state index < -0.39 is 0 Å². The van der Waals surface area contributed by atoms with Gasteiger partial charge in [0.15, 0.2) is 17.3 Å². The maximum Gasteiger partial charge on any atom is 0.159 e. The molecule has 0 saturated carbocycles. The molecule has 0 saturated heterocycles. The summed E-state index contributed by atoms with van der Waals surface area (Å²) in [5.74, 6) is 0.224. The number of aromatic nitrogens is 2. The second kappa shape index (κ2) is 5.88. The summed E-state index contributed by atoms with van der Waals surface area (Å²) in [6, 6.07) is 4.58. The Morgan fingerprint density at radius 3 is 2.25 bits per heavy atom. The Bertz CT molecular complexity index is 604. The lowest BCUT2D eigenvalue weighted by molar-refractivity contribution is 0.404. The van der Waals surface area contributed by atoms with Crippen LogP contribution in [0.5, 0.6) is 11.5 Å². The molecule has 0 amide bonds. The lowest BCUT2D eigenvalue weighted by Gasteiger charge is -2.11. The van der Waals surface area contributed by atoms with Crippen molar-refractivity contribution < 1.29 is 10.2 Å². The SMILES string of the molecule is Cc1nc(-c2ccc(O)c(O)c2)nc(C)c1CCCN. The van der Waals surface area contributed by atoms with Crippen LogP contribution in [-0.2, 0) is 6.42 Å². The van der Waals surface area contributed by atoms with Crippen LogP contribution >= 0.6 is 0 Å². The van der Waals surface area contributed by atoms with Gasteiger partial charge in [-0.3, -0.25) is 0 Å². The number of nitrogens with two attached hydrogens (primary N) is 1. The maximum absolute atomic E-state index is 9.55. The summed E-state index contributed by atoms with van der Waals surface area (Å²) >= 11 is 0. The molecular weight excluding hydrogens is 254 g/mol. The van der Waals surface area contributed by atoms with Gasteiger partial charge in [0, 0.05) is 17.0 Å². The summed E-state index contributed by atoms with van der Waals surface area (Å²) in [6.45, 7) is 4.54. The van der Waals surface area contributed by atoms with E-state index in [9.17, 15) is 10.2 Å². The van der Waals surface area contributed by atoms with Crippen molar-refractivity contribution in [3.8, 4) is 22.9 Å². The Morgan fingerprint density at radius 1 is 1.05 bits per heavy atom. The zero-order valence-corrected chi connectivity index (χ0v) is 11.7. The van der Waals surface area contributed by atoms with Crippen LogP contribution < -0.4 is 5.73 Å². The normalized spacial score (nSPS) is 10.8. The van der Waals surface area contributed by atoms with Crippen molar-refractivity contribution >= 4 is 0 Å². The molecule has 0 aliphatic rings. The highest BCUT2D eigenvalue weighted by Crippen LogP contribution is 2.29. The Labute approximate surface area is 118 Å². The molecule has 1 aromatic carbocycles. The minimum atomic E-state index is -0.173. The van der Waals surface area contributed by atoms with E-state index >= 15 is 0 Å². The van der Waals surface area contributed by atoms with Crippen molar-refractivity contribution in [1.82, 2.24) is 9.97 Å². The summed E-state index contributed by atoms with van der Waals surface area (Å²) < 4.78 is 0. The highest BCUT2D eigenvalue weighted by Gasteiger charge is 2.11. The zero-order valence-electron chi connectivity index (χ0n) is 11.7. The molecule has 0 atom stereocenters. The Hall–Kier alpha value is -2.14. The van der Waals surface area contributed by atoms with E-state index in [1.54, 1.807) is 6.07 Å². The number of phenols is 2. The van der Waals surface area contributed by atoms with E-state index in [4.69, 9.17) is 5.73 Å². The summed E-state index contributed by atoms with van der Waals surface area (Å²) in [7, 11) is 0. The summed E-state index contributed by atoms with van der Waals surface area (Å²) in [4.78, 5) is 8.97. The molecule has 0 fully saturated rings. The minimum Gasteiger partial charge on any atom is -0.504 e. The fourth-order valence-corrected chi connectivity index (χ4v) is 2.17. The number of hydrogen-bond acceptors (Lipinski definition) is 5. The number of phenolic OH excluding ortho intramolecular Hbond substituents is 2. The Kier molecular flexibility index (Phi) is 4.20. The molecule has 0 unspecified atom stereocenters. The van der Waals surface area contributed by atoms with E-state index in [0.717, 1.165) is 29.8 Å². The van der Waals surface area contributed by atoms with Gasteiger partial charge in [0.25, 0.3) is 0 Å². The molecule has 5 nitrogen and oxygen atoms in total. The summed E-state index contributed by atoms with van der Waals surface area (Å²) in [5, 5.41) is 18.9. The number of hydrogen-bond donors (Lipinski definition) is 3. The molecule has 0 aliphatic carbocycles. The molecule has 106 valence electrons. The van der Waals surface area contributed by atoms with Crippen molar-refractivity contribution in [2.75, 3.05) is 6.54 Å². The van der Waals surface area contributed by atoms with Crippen molar-refractivity contribution in [1.29, 1.82) is 0 Å². The fraction of sp³-hybridized carbons (Fsp3) is 0.333. The average molecular weight is 273 g/mol. The molecule has 4 N–H and O–H groups in total. The molecule has 2 rings (SSSR count). The average Bonchev–Trinajstić information content (AvgIpc) is 2.41. The third-order valence-electron chi connectivity index (χ3n) is 3.29. The molecule has 1 heterocycles. The lowest BCUT2D eigenvalue weighted by Crippen LogP contribution is -2.06. The van der Waals surface area contributed by atoms with E-state index in [2.05, 4.69) is 9.97 Å². The predicted molar refractivity (Wildman–Crippen MR) is 77.6 cm³/mol. The monoisotopic (exact) mass is 273 g/mol. The molecule has 0 radical (unpaired) electrons. The number of aryl methyl sites for hydroxylation is 2. The topological polar surface area (TPSA) is 92.3 Å². The van der Waals surface area contributed by atoms with E-state index in [0.29, 0.717) is 17.9 Å². The summed E-state index contributed by atoms with van der Waals surface area (Å²) in [5.41, 5.74) is 9.19. The van der Waals surface area contributed by atoms with Gasteiger partial charge in [-0.1, -0.05) is 0 Å². The first kappa shape index (κ1) is 14.3. The maximum atomic E-state index is 9.55. The molecule has 20 heavy (non-hydrogen) atoms. The number of nitrogens with zero attached hydrogens (tertiary/aromatic N) is 2. The first-order chi connectivity index (χ1) is 9.52. The molecule has 0 aliphatic heterocycles. The second-order valence-electron chi connectivity index (χ2n) is 4.79. The van der Waals surface area contributed by atoms with Gasteiger partial charge in [0.05, 0.1) is 0 Å². The molecule has 2 aromatic rings. The molecule has 0 bridgehead atoms. The standard InChI is InChI=1S/C15H19N3O2/c1-9-12(4-3-7-16)10(2)18-15(17-9)11-5-6-13(19)14(20)8-11/h5-6,8,19-20H,3-4,7,16H2,1-2H3. The van der Waals surface area contributed by atoms with Crippen molar-refractivity contribution in [3.05, 3.63) is 35.2 Å². The van der Waals surface area contributed by atoms with Crippen LogP contribution in [0.4, 0.5) is 0 Å². The van der Waals surface area contributed by atoms with E-state index in [1.165, 1.54) is 12.1 Å². The number of benzene rings is 1. The molecule has 1 aromatic heterocycles. The van der Waals surface area contributed by atoms with Crippen LogP contribution in [0, 0.1) is 13.8 Å². The lowest BCUT2D eigenvalue weighted by atomic mass is 10.1. The number of aromatic hydroxyl groups is 2. The van der Waals surface area contributed by atoms with Crippen LogP contribution in [0.25, 0.3) is 11.4 Å². The first-order valence-corrected chi connectivity index (χ1v) is 6.59. The van der Waals surface area contributed by atoms with Gasteiger partial charge in [-0.05, 0) is 57.0 Å². The predicted octanol–water partition coefficient (Wildman–Crippen LogP) is 2.06. The second-order valence-corrected chi connectivity index (χ2v) is 4.79. The van der Waals surface area contributed by atoms with Crippen molar-refractivity contribution in [2.24, 2.45) is 5.73 Å². The van der Waals surface area contributed by atoms with Crippen LogP contribution in [0.1, 0.15) is 23.4 Å². The third kappa shape index (κ3) is 2.88. The Balaban J connectivity index is 2.41. The van der Waals surface area contributed by atoms with E-state index in [-0.39, 0.29) is 11.5 Å². The smallest absolute Gasteiger partial charge is 0.159 e. The largest absolute Gasteiger partial charge is 0.504 e. The van der Waals surface area contributed by atoms with Crippen LogP contribution in [0.2, 0.25) is 0 Å². The minimum absolute atomic E-state index is 0.151. The molecular formula is C15H19N3O2. The number of rotatable bonds is 4. The van der Waals surface area contributed by atoms with Gasteiger partial charge in [0.2, 0.25) is 0 Å². The quantitative estimate of drug-likeness (QED) is 0.742. The van der Waals surface area contributed by atoms with Gasteiger partial charge in [0.1, 0.15) is 0 Å². The van der Waals surface area contributed by atoms with Crippen molar-refractivity contribution in [2.45, 2.75) is 26.7 Å². The molecule has 0 spiro atoms. The Morgan fingerprint density at radius 2 is 1.70 bits per heavy atom. The van der Waals surface area contributed by atoms with Crippen molar-refractivity contribution in [3.63, 3.8) is 0 Å². The third-order valence-corrected chi connectivity index (χ3v) is 3.29. The van der Waals surface area contributed by atoms with Gasteiger partial charge in [-0.15, -0.1) is 0 Å².